The van der Waals surface area contributed by atoms with E-state index in [0.29, 0.717) is 25.3 Å². The number of hydrogen-bond acceptors (Lipinski definition) is 5. The van der Waals surface area contributed by atoms with Crippen molar-refractivity contribution >= 4 is 11.9 Å². The lowest BCUT2D eigenvalue weighted by Gasteiger charge is -2.29. The highest BCUT2D eigenvalue weighted by Crippen LogP contribution is 2.37. The smallest absolute Gasteiger partial charge is 0.329 e. The van der Waals surface area contributed by atoms with Gasteiger partial charge in [0.2, 0.25) is 0 Å². The number of nitrogens with zero attached hydrogens (tertiary/aromatic N) is 3. The highest BCUT2D eigenvalue weighted by molar-refractivity contribution is 6.06. The summed E-state index contributed by atoms with van der Waals surface area (Å²) in [6, 6.07) is -0.249. The van der Waals surface area contributed by atoms with E-state index in [1.165, 1.54) is 4.90 Å². The maximum atomic E-state index is 13.1. The largest absolute Gasteiger partial charge is 0.477 e. The van der Waals surface area contributed by atoms with E-state index in [9.17, 15) is 9.59 Å². The summed E-state index contributed by atoms with van der Waals surface area (Å²) in [6.45, 7) is 12.8. The zero-order valence-electron chi connectivity index (χ0n) is 17.0. The van der Waals surface area contributed by atoms with Crippen LogP contribution in [0, 0.1) is 0 Å². The van der Waals surface area contributed by atoms with Gasteiger partial charge in [-0.1, -0.05) is 13.8 Å². The standard InChI is InChI=1S/C20H31N3O4/c1-6-11-21-17(24)14(16-18(27-16)22(12-7-2)19(21)25)9-10-15-23(8-3)20(4,5)13-26-15/h9-10,16,18H,6-8,11-13H2,1-5H3/b14-9+,15-10+. The SMILES string of the molecule is CCCN1C(=O)/C(=C/C=C2/OCC(C)(C)N2CC)C2OC2N(CCC)C1=O. The van der Waals surface area contributed by atoms with Crippen LogP contribution in [0.1, 0.15) is 47.5 Å². The van der Waals surface area contributed by atoms with Crippen molar-refractivity contribution in [2.24, 2.45) is 0 Å². The Morgan fingerprint density at radius 1 is 1.11 bits per heavy atom. The lowest BCUT2D eigenvalue weighted by Crippen LogP contribution is -2.46. The molecule has 3 amide bonds. The summed E-state index contributed by atoms with van der Waals surface area (Å²) < 4.78 is 11.6. The van der Waals surface area contributed by atoms with Gasteiger partial charge in [0.15, 0.2) is 12.1 Å². The van der Waals surface area contributed by atoms with E-state index in [4.69, 9.17) is 9.47 Å². The predicted octanol–water partition coefficient (Wildman–Crippen LogP) is 2.69. The van der Waals surface area contributed by atoms with Crippen LogP contribution in [0.3, 0.4) is 0 Å². The van der Waals surface area contributed by atoms with E-state index in [0.717, 1.165) is 25.3 Å². The molecule has 3 heterocycles. The van der Waals surface area contributed by atoms with Crippen molar-refractivity contribution in [1.82, 2.24) is 14.7 Å². The van der Waals surface area contributed by atoms with Crippen LogP contribution in [0.4, 0.5) is 4.79 Å². The molecule has 7 heteroatoms. The molecule has 0 aromatic carbocycles. The first-order chi connectivity index (χ1) is 12.9. The molecule has 0 bridgehead atoms. The summed E-state index contributed by atoms with van der Waals surface area (Å²) >= 11 is 0. The van der Waals surface area contributed by atoms with Crippen LogP contribution in [0.2, 0.25) is 0 Å². The minimum atomic E-state index is -0.351. The van der Waals surface area contributed by atoms with Crippen molar-refractivity contribution in [2.75, 3.05) is 26.2 Å². The van der Waals surface area contributed by atoms with Gasteiger partial charge in [-0.3, -0.25) is 14.6 Å². The van der Waals surface area contributed by atoms with Crippen LogP contribution in [0.5, 0.6) is 0 Å². The highest BCUT2D eigenvalue weighted by atomic mass is 16.6. The van der Waals surface area contributed by atoms with Gasteiger partial charge >= 0.3 is 6.03 Å². The van der Waals surface area contributed by atoms with Gasteiger partial charge in [0.05, 0.1) is 11.1 Å². The molecule has 2 unspecified atom stereocenters. The van der Waals surface area contributed by atoms with Gasteiger partial charge in [0, 0.05) is 19.6 Å². The number of likely N-dealkylation sites (N-methyl/N-ethyl adjacent to an activating group) is 1. The maximum Gasteiger partial charge on any atom is 0.329 e. The molecule has 0 radical (unpaired) electrons. The molecule has 3 saturated heterocycles. The molecule has 3 aliphatic rings. The molecule has 2 atom stereocenters. The molecule has 3 aliphatic heterocycles. The van der Waals surface area contributed by atoms with Gasteiger partial charge in [-0.05, 0) is 45.8 Å². The Kier molecular flexibility index (Phi) is 5.51. The van der Waals surface area contributed by atoms with E-state index in [1.54, 1.807) is 11.0 Å². The van der Waals surface area contributed by atoms with Crippen molar-refractivity contribution < 1.29 is 19.1 Å². The van der Waals surface area contributed by atoms with Crippen molar-refractivity contribution in [1.29, 1.82) is 0 Å². The van der Waals surface area contributed by atoms with Crippen LogP contribution in [0.25, 0.3) is 0 Å². The number of hydrogen-bond donors (Lipinski definition) is 0. The van der Waals surface area contributed by atoms with Crippen molar-refractivity contribution in [3.05, 3.63) is 23.6 Å². The van der Waals surface area contributed by atoms with E-state index in [2.05, 4.69) is 25.7 Å². The number of carbonyl (C=O) groups excluding carboxylic acids is 2. The van der Waals surface area contributed by atoms with E-state index < -0.39 is 0 Å². The van der Waals surface area contributed by atoms with E-state index in [1.807, 2.05) is 19.9 Å². The number of ether oxygens (including phenoxy) is 2. The van der Waals surface area contributed by atoms with Crippen molar-refractivity contribution in [3.63, 3.8) is 0 Å². The Labute approximate surface area is 161 Å². The molecule has 7 nitrogen and oxygen atoms in total. The fraction of sp³-hybridized carbons (Fsp3) is 0.700. The Bertz CT molecular complexity index is 670. The number of amides is 3. The second-order valence-corrected chi connectivity index (χ2v) is 7.85. The topological polar surface area (TPSA) is 65.6 Å². The van der Waals surface area contributed by atoms with Gasteiger partial charge in [-0.2, -0.15) is 0 Å². The molecule has 0 aromatic heterocycles. The molecule has 3 fully saturated rings. The molecule has 0 aliphatic carbocycles. The number of imide groups is 1. The Morgan fingerprint density at radius 3 is 2.44 bits per heavy atom. The molecule has 0 N–H and O–H groups in total. The first-order valence-corrected chi connectivity index (χ1v) is 9.95. The molecular formula is C20H31N3O4. The summed E-state index contributed by atoms with van der Waals surface area (Å²) in [7, 11) is 0. The first kappa shape index (κ1) is 19.7. The van der Waals surface area contributed by atoms with Gasteiger partial charge < -0.3 is 14.4 Å². The molecule has 27 heavy (non-hydrogen) atoms. The zero-order valence-corrected chi connectivity index (χ0v) is 17.0. The second kappa shape index (κ2) is 7.54. The quantitative estimate of drug-likeness (QED) is 0.526. The van der Waals surface area contributed by atoms with Crippen LogP contribution in [0.15, 0.2) is 23.6 Å². The summed E-state index contributed by atoms with van der Waals surface area (Å²) in [6.07, 6.45) is 4.48. The van der Waals surface area contributed by atoms with Crippen LogP contribution < -0.4 is 0 Å². The summed E-state index contributed by atoms with van der Waals surface area (Å²) in [5.41, 5.74) is 0.449. The first-order valence-electron chi connectivity index (χ1n) is 9.95. The van der Waals surface area contributed by atoms with Crippen LogP contribution in [-0.2, 0) is 14.3 Å². The van der Waals surface area contributed by atoms with E-state index >= 15 is 0 Å². The van der Waals surface area contributed by atoms with E-state index in [-0.39, 0.29) is 29.8 Å². The Morgan fingerprint density at radius 2 is 1.81 bits per heavy atom. The molecule has 150 valence electrons. The molecule has 0 spiro atoms. The van der Waals surface area contributed by atoms with Crippen LogP contribution >= 0.6 is 0 Å². The Balaban J connectivity index is 1.91. The molecule has 3 rings (SSSR count). The summed E-state index contributed by atoms with van der Waals surface area (Å²) in [4.78, 5) is 31.1. The normalized spacial score (nSPS) is 30.0. The average Bonchev–Trinajstić information content (AvgIpc) is 3.35. The number of epoxide rings is 1. The number of urea groups is 1. The number of fused-ring (bicyclic) bond motifs is 1. The lowest BCUT2D eigenvalue weighted by molar-refractivity contribution is -0.125. The van der Waals surface area contributed by atoms with Crippen molar-refractivity contribution in [3.8, 4) is 0 Å². The fourth-order valence-corrected chi connectivity index (χ4v) is 3.84. The van der Waals surface area contributed by atoms with Gasteiger partial charge in [0.25, 0.3) is 5.91 Å². The molecular weight excluding hydrogens is 346 g/mol. The van der Waals surface area contributed by atoms with Gasteiger partial charge in [0.1, 0.15) is 12.7 Å². The predicted molar refractivity (Wildman–Crippen MR) is 102 cm³/mol. The maximum absolute atomic E-state index is 13.1. The van der Waals surface area contributed by atoms with Crippen LogP contribution in [-0.4, -0.2) is 70.7 Å². The van der Waals surface area contributed by atoms with Gasteiger partial charge in [-0.15, -0.1) is 0 Å². The third-order valence-corrected chi connectivity index (χ3v) is 5.25. The highest BCUT2D eigenvalue weighted by Gasteiger charge is 2.54. The Hall–Kier alpha value is -2.02. The third kappa shape index (κ3) is 3.57. The molecule has 0 saturated carbocycles. The minimum absolute atomic E-state index is 0.0761. The zero-order chi connectivity index (χ0) is 19.8. The van der Waals surface area contributed by atoms with Gasteiger partial charge in [-0.25, -0.2) is 4.79 Å². The third-order valence-electron chi connectivity index (χ3n) is 5.25. The number of allylic oxidation sites excluding steroid dienone is 2. The molecule has 0 aromatic rings. The monoisotopic (exact) mass is 377 g/mol. The lowest BCUT2D eigenvalue weighted by atomic mass is 10.1. The summed E-state index contributed by atoms with van der Waals surface area (Å²) in [5.74, 6) is 0.494. The number of carbonyl (C=O) groups is 2. The minimum Gasteiger partial charge on any atom is -0.477 e. The second-order valence-electron chi connectivity index (χ2n) is 7.85. The summed E-state index contributed by atoms with van der Waals surface area (Å²) in [5, 5.41) is 0. The average molecular weight is 377 g/mol. The number of rotatable bonds is 6. The van der Waals surface area contributed by atoms with Crippen molar-refractivity contribution in [2.45, 2.75) is 65.3 Å². The fourth-order valence-electron chi connectivity index (χ4n) is 3.84.